The summed E-state index contributed by atoms with van der Waals surface area (Å²) in [6, 6.07) is 2.00. The minimum atomic E-state index is 0.498. The van der Waals surface area contributed by atoms with Gasteiger partial charge in [-0.25, -0.2) is 4.98 Å². The SMILES string of the molecule is CCCc1noc2nc(C)cc(CN)c12. The molecule has 2 N–H and O–H groups in total. The molecular formula is C11H15N3O. The van der Waals surface area contributed by atoms with Crippen molar-refractivity contribution in [2.45, 2.75) is 33.2 Å². The number of rotatable bonds is 3. The number of hydrogen-bond donors (Lipinski definition) is 1. The van der Waals surface area contributed by atoms with Crippen LogP contribution in [0.3, 0.4) is 0 Å². The van der Waals surface area contributed by atoms with Gasteiger partial charge in [0.05, 0.1) is 11.1 Å². The zero-order chi connectivity index (χ0) is 10.8. The lowest BCUT2D eigenvalue weighted by atomic mass is 10.1. The number of pyridine rings is 1. The summed E-state index contributed by atoms with van der Waals surface area (Å²) < 4.78 is 5.21. The second kappa shape index (κ2) is 3.98. The molecule has 0 bridgehead atoms. The Morgan fingerprint density at radius 1 is 1.47 bits per heavy atom. The van der Waals surface area contributed by atoms with Gasteiger partial charge in [0.15, 0.2) is 0 Å². The third kappa shape index (κ3) is 1.72. The highest BCUT2D eigenvalue weighted by Crippen LogP contribution is 2.22. The minimum Gasteiger partial charge on any atom is -0.336 e. The Morgan fingerprint density at radius 3 is 2.93 bits per heavy atom. The van der Waals surface area contributed by atoms with Crippen LogP contribution in [0.25, 0.3) is 11.1 Å². The minimum absolute atomic E-state index is 0.498. The average molecular weight is 205 g/mol. The van der Waals surface area contributed by atoms with E-state index in [9.17, 15) is 0 Å². The molecule has 0 aromatic carbocycles. The Morgan fingerprint density at radius 2 is 2.27 bits per heavy atom. The maximum Gasteiger partial charge on any atom is 0.258 e. The van der Waals surface area contributed by atoms with Gasteiger partial charge in [-0.1, -0.05) is 18.5 Å². The maximum absolute atomic E-state index is 5.71. The molecule has 2 rings (SSSR count). The van der Waals surface area contributed by atoms with Crippen LogP contribution in [-0.2, 0) is 13.0 Å². The fraction of sp³-hybridized carbons (Fsp3) is 0.455. The lowest BCUT2D eigenvalue weighted by Crippen LogP contribution is -2.00. The van der Waals surface area contributed by atoms with E-state index in [1.807, 2.05) is 13.0 Å². The van der Waals surface area contributed by atoms with Gasteiger partial charge in [0, 0.05) is 12.2 Å². The van der Waals surface area contributed by atoms with Crippen molar-refractivity contribution in [3.8, 4) is 0 Å². The Bertz CT molecular complexity index is 476. The van der Waals surface area contributed by atoms with Gasteiger partial charge in [0.2, 0.25) is 0 Å². The molecule has 0 fully saturated rings. The molecule has 80 valence electrons. The van der Waals surface area contributed by atoms with Gasteiger partial charge in [-0.2, -0.15) is 0 Å². The molecule has 0 unspecified atom stereocenters. The third-order valence-corrected chi connectivity index (χ3v) is 2.43. The van der Waals surface area contributed by atoms with Crippen molar-refractivity contribution < 1.29 is 4.52 Å². The lowest BCUT2D eigenvalue weighted by Gasteiger charge is -2.01. The monoisotopic (exact) mass is 205 g/mol. The molecule has 4 nitrogen and oxygen atoms in total. The fourth-order valence-corrected chi connectivity index (χ4v) is 1.80. The van der Waals surface area contributed by atoms with Crippen molar-refractivity contribution in [2.75, 3.05) is 0 Å². The summed E-state index contributed by atoms with van der Waals surface area (Å²) in [5.41, 5.74) is 9.28. The fourth-order valence-electron chi connectivity index (χ4n) is 1.80. The van der Waals surface area contributed by atoms with Crippen LogP contribution in [0.5, 0.6) is 0 Å². The van der Waals surface area contributed by atoms with Crippen LogP contribution < -0.4 is 5.73 Å². The molecule has 0 atom stereocenters. The second-order valence-corrected chi connectivity index (χ2v) is 3.69. The van der Waals surface area contributed by atoms with Crippen LogP contribution in [0.15, 0.2) is 10.6 Å². The number of aromatic nitrogens is 2. The first-order valence-corrected chi connectivity index (χ1v) is 5.21. The number of aryl methyl sites for hydroxylation is 2. The van der Waals surface area contributed by atoms with Crippen LogP contribution in [0.1, 0.15) is 30.3 Å². The highest BCUT2D eigenvalue weighted by molar-refractivity contribution is 5.80. The molecule has 0 aliphatic heterocycles. The van der Waals surface area contributed by atoms with E-state index in [1.165, 1.54) is 0 Å². The largest absolute Gasteiger partial charge is 0.336 e. The van der Waals surface area contributed by atoms with Crippen LogP contribution in [-0.4, -0.2) is 10.1 Å². The molecule has 0 spiro atoms. The number of fused-ring (bicyclic) bond motifs is 1. The van der Waals surface area contributed by atoms with Gasteiger partial charge >= 0.3 is 0 Å². The van der Waals surface area contributed by atoms with Crippen molar-refractivity contribution in [1.82, 2.24) is 10.1 Å². The first kappa shape index (κ1) is 10.1. The summed E-state index contributed by atoms with van der Waals surface area (Å²) in [5, 5.41) is 5.05. The molecule has 0 saturated heterocycles. The molecule has 0 saturated carbocycles. The topological polar surface area (TPSA) is 64.9 Å². The summed E-state index contributed by atoms with van der Waals surface area (Å²) in [6.07, 6.45) is 1.95. The van der Waals surface area contributed by atoms with Gasteiger partial charge in [-0.05, 0) is 25.0 Å². The van der Waals surface area contributed by atoms with Crippen molar-refractivity contribution in [3.05, 3.63) is 23.0 Å². The average Bonchev–Trinajstić information content (AvgIpc) is 2.61. The van der Waals surface area contributed by atoms with Gasteiger partial charge in [-0.15, -0.1) is 0 Å². The van der Waals surface area contributed by atoms with E-state index in [0.29, 0.717) is 12.3 Å². The molecule has 4 heteroatoms. The summed E-state index contributed by atoms with van der Waals surface area (Å²) in [4.78, 5) is 4.30. The predicted octanol–water partition coefficient (Wildman–Crippen LogP) is 1.94. The Balaban J connectivity index is 2.66. The molecule has 2 heterocycles. The highest BCUT2D eigenvalue weighted by atomic mass is 16.5. The Kier molecular flexibility index (Phi) is 2.68. The highest BCUT2D eigenvalue weighted by Gasteiger charge is 2.13. The lowest BCUT2D eigenvalue weighted by molar-refractivity contribution is 0.438. The van der Waals surface area contributed by atoms with Crippen molar-refractivity contribution >= 4 is 11.1 Å². The number of nitrogens with zero attached hydrogens (tertiary/aromatic N) is 2. The molecule has 15 heavy (non-hydrogen) atoms. The summed E-state index contributed by atoms with van der Waals surface area (Å²) in [7, 11) is 0. The van der Waals surface area contributed by atoms with Gasteiger partial charge < -0.3 is 10.3 Å². The first-order chi connectivity index (χ1) is 7.26. The Labute approximate surface area is 88.5 Å². The van der Waals surface area contributed by atoms with Crippen molar-refractivity contribution in [3.63, 3.8) is 0 Å². The molecular weight excluding hydrogens is 190 g/mol. The van der Waals surface area contributed by atoms with Crippen LogP contribution >= 0.6 is 0 Å². The van der Waals surface area contributed by atoms with E-state index in [-0.39, 0.29) is 0 Å². The van der Waals surface area contributed by atoms with E-state index < -0.39 is 0 Å². The normalized spacial score (nSPS) is 11.1. The van der Waals surface area contributed by atoms with Gasteiger partial charge in [0.25, 0.3) is 5.71 Å². The number of nitrogens with two attached hydrogens (primary N) is 1. The second-order valence-electron chi connectivity index (χ2n) is 3.69. The zero-order valence-corrected chi connectivity index (χ0v) is 9.08. The Hall–Kier alpha value is -1.42. The molecule has 0 radical (unpaired) electrons. The van der Waals surface area contributed by atoms with E-state index in [4.69, 9.17) is 10.3 Å². The smallest absolute Gasteiger partial charge is 0.258 e. The van der Waals surface area contributed by atoms with Crippen molar-refractivity contribution in [2.24, 2.45) is 5.73 Å². The van der Waals surface area contributed by atoms with Crippen LogP contribution in [0, 0.1) is 6.92 Å². The molecule has 0 amide bonds. The standard InChI is InChI=1S/C11H15N3O/c1-3-4-9-10-8(6-12)5-7(2)13-11(10)15-14-9/h5H,3-4,6,12H2,1-2H3. The first-order valence-electron chi connectivity index (χ1n) is 5.21. The van der Waals surface area contributed by atoms with E-state index in [1.54, 1.807) is 0 Å². The van der Waals surface area contributed by atoms with E-state index in [0.717, 1.165) is 35.2 Å². The van der Waals surface area contributed by atoms with E-state index >= 15 is 0 Å². The van der Waals surface area contributed by atoms with Gasteiger partial charge in [0.1, 0.15) is 0 Å². The third-order valence-electron chi connectivity index (χ3n) is 2.43. The van der Waals surface area contributed by atoms with Gasteiger partial charge in [-0.3, -0.25) is 0 Å². The van der Waals surface area contributed by atoms with E-state index in [2.05, 4.69) is 17.1 Å². The zero-order valence-electron chi connectivity index (χ0n) is 9.08. The maximum atomic E-state index is 5.71. The summed E-state index contributed by atoms with van der Waals surface area (Å²) >= 11 is 0. The van der Waals surface area contributed by atoms with Crippen LogP contribution in [0.4, 0.5) is 0 Å². The quantitative estimate of drug-likeness (QED) is 0.831. The number of hydrogen-bond acceptors (Lipinski definition) is 4. The summed E-state index contributed by atoms with van der Waals surface area (Å²) in [5.74, 6) is 0. The molecule has 0 aliphatic rings. The van der Waals surface area contributed by atoms with Crippen LogP contribution in [0.2, 0.25) is 0 Å². The predicted molar refractivity (Wildman–Crippen MR) is 58.4 cm³/mol. The molecule has 0 aliphatic carbocycles. The summed E-state index contributed by atoms with van der Waals surface area (Å²) in [6.45, 7) is 4.54. The molecule has 2 aromatic rings. The van der Waals surface area contributed by atoms with Crippen molar-refractivity contribution in [1.29, 1.82) is 0 Å². The molecule has 2 aromatic heterocycles.